The Morgan fingerprint density at radius 1 is 1.47 bits per heavy atom. The second-order valence-electron chi connectivity index (χ2n) is 4.85. The van der Waals surface area contributed by atoms with Gasteiger partial charge in [0.1, 0.15) is 5.65 Å². The van der Waals surface area contributed by atoms with Gasteiger partial charge in [-0.05, 0) is 37.8 Å². The van der Waals surface area contributed by atoms with Crippen molar-refractivity contribution in [3.63, 3.8) is 0 Å². The van der Waals surface area contributed by atoms with E-state index in [9.17, 15) is 0 Å². The van der Waals surface area contributed by atoms with Gasteiger partial charge in [0.05, 0.1) is 11.8 Å². The van der Waals surface area contributed by atoms with Crippen LogP contribution in [0.2, 0.25) is 0 Å². The Bertz CT molecular complexity index is 512. The molecule has 3 heteroatoms. The second-order valence-corrected chi connectivity index (χ2v) is 4.85. The Morgan fingerprint density at radius 3 is 3.18 bits per heavy atom. The SMILES string of the molecule is Cc1cccn2cc(CC3CCCCO3)nc12. The van der Waals surface area contributed by atoms with Crippen molar-refractivity contribution in [3.05, 3.63) is 35.8 Å². The summed E-state index contributed by atoms with van der Waals surface area (Å²) < 4.78 is 7.86. The van der Waals surface area contributed by atoms with Crippen molar-refractivity contribution in [1.29, 1.82) is 0 Å². The molecule has 3 rings (SSSR count). The monoisotopic (exact) mass is 230 g/mol. The summed E-state index contributed by atoms with van der Waals surface area (Å²) in [6, 6.07) is 4.16. The molecule has 0 bridgehead atoms. The maximum atomic E-state index is 5.76. The third kappa shape index (κ3) is 2.20. The van der Waals surface area contributed by atoms with Crippen LogP contribution < -0.4 is 0 Å². The molecule has 1 atom stereocenters. The summed E-state index contributed by atoms with van der Waals surface area (Å²) >= 11 is 0. The minimum atomic E-state index is 0.369. The number of aryl methyl sites for hydroxylation is 1. The minimum Gasteiger partial charge on any atom is -0.378 e. The van der Waals surface area contributed by atoms with Crippen LogP contribution in [-0.4, -0.2) is 22.1 Å². The van der Waals surface area contributed by atoms with Crippen LogP contribution >= 0.6 is 0 Å². The summed E-state index contributed by atoms with van der Waals surface area (Å²) in [5.74, 6) is 0. The highest BCUT2D eigenvalue weighted by Gasteiger charge is 2.16. The molecule has 90 valence electrons. The van der Waals surface area contributed by atoms with Crippen LogP contribution in [0.25, 0.3) is 5.65 Å². The lowest BCUT2D eigenvalue weighted by Crippen LogP contribution is -2.21. The Balaban J connectivity index is 1.83. The van der Waals surface area contributed by atoms with Crippen LogP contribution in [0.5, 0.6) is 0 Å². The van der Waals surface area contributed by atoms with E-state index in [1.807, 2.05) is 0 Å². The van der Waals surface area contributed by atoms with Crippen molar-refractivity contribution in [1.82, 2.24) is 9.38 Å². The zero-order valence-electron chi connectivity index (χ0n) is 10.2. The first kappa shape index (κ1) is 10.8. The van der Waals surface area contributed by atoms with Gasteiger partial charge in [-0.25, -0.2) is 4.98 Å². The van der Waals surface area contributed by atoms with Crippen molar-refractivity contribution in [2.45, 2.75) is 38.7 Å². The quantitative estimate of drug-likeness (QED) is 0.793. The lowest BCUT2D eigenvalue weighted by Gasteiger charge is -2.21. The van der Waals surface area contributed by atoms with Crippen LogP contribution in [-0.2, 0) is 11.2 Å². The van der Waals surface area contributed by atoms with Gasteiger partial charge < -0.3 is 9.14 Å². The van der Waals surface area contributed by atoms with Gasteiger partial charge in [-0.2, -0.15) is 0 Å². The van der Waals surface area contributed by atoms with Crippen molar-refractivity contribution in [3.8, 4) is 0 Å². The van der Waals surface area contributed by atoms with Crippen molar-refractivity contribution in [2.24, 2.45) is 0 Å². The lowest BCUT2D eigenvalue weighted by molar-refractivity contribution is 0.0163. The van der Waals surface area contributed by atoms with E-state index >= 15 is 0 Å². The van der Waals surface area contributed by atoms with Crippen molar-refractivity contribution < 1.29 is 4.74 Å². The molecule has 3 heterocycles. The van der Waals surface area contributed by atoms with Crippen LogP contribution in [0.15, 0.2) is 24.5 Å². The van der Waals surface area contributed by atoms with E-state index in [2.05, 4.69) is 40.8 Å². The van der Waals surface area contributed by atoms with Gasteiger partial charge in [0.15, 0.2) is 0 Å². The Labute approximate surface area is 101 Å². The number of hydrogen-bond acceptors (Lipinski definition) is 2. The maximum absolute atomic E-state index is 5.76. The molecule has 1 unspecified atom stereocenters. The van der Waals surface area contributed by atoms with Crippen LogP contribution in [0.4, 0.5) is 0 Å². The van der Waals surface area contributed by atoms with Crippen LogP contribution in [0, 0.1) is 6.92 Å². The van der Waals surface area contributed by atoms with E-state index in [4.69, 9.17) is 4.74 Å². The van der Waals surface area contributed by atoms with Gasteiger partial charge in [-0.1, -0.05) is 6.07 Å². The molecule has 1 fully saturated rings. The molecule has 2 aromatic heterocycles. The summed E-state index contributed by atoms with van der Waals surface area (Å²) in [7, 11) is 0. The molecule has 3 nitrogen and oxygen atoms in total. The predicted molar refractivity (Wildman–Crippen MR) is 67.2 cm³/mol. The van der Waals surface area contributed by atoms with Gasteiger partial charge in [0.25, 0.3) is 0 Å². The smallest absolute Gasteiger partial charge is 0.139 e. The average molecular weight is 230 g/mol. The molecule has 0 spiro atoms. The van der Waals surface area contributed by atoms with Crippen molar-refractivity contribution in [2.75, 3.05) is 6.61 Å². The zero-order valence-corrected chi connectivity index (χ0v) is 10.2. The minimum absolute atomic E-state index is 0.369. The number of hydrogen-bond donors (Lipinski definition) is 0. The first-order chi connectivity index (χ1) is 8.33. The summed E-state index contributed by atoms with van der Waals surface area (Å²) in [6.07, 6.45) is 9.17. The largest absolute Gasteiger partial charge is 0.378 e. The van der Waals surface area contributed by atoms with Crippen molar-refractivity contribution >= 4 is 5.65 Å². The number of aromatic nitrogens is 2. The molecule has 1 aliphatic rings. The number of nitrogens with zero attached hydrogens (tertiary/aromatic N) is 2. The predicted octanol–water partition coefficient (Wildman–Crippen LogP) is 2.75. The molecule has 0 amide bonds. The topological polar surface area (TPSA) is 26.5 Å². The Kier molecular flexibility index (Phi) is 2.85. The summed E-state index contributed by atoms with van der Waals surface area (Å²) in [5, 5.41) is 0. The number of ether oxygens (including phenoxy) is 1. The van der Waals surface area contributed by atoms with E-state index in [0.29, 0.717) is 6.10 Å². The Morgan fingerprint density at radius 2 is 2.41 bits per heavy atom. The third-order valence-electron chi connectivity index (χ3n) is 3.44. The van der Waals surface area contributed by atoms with Gasteiger partial charge >= 0.3 is 0 Å². The van der Waals surface area contributed by atoms with Crippen LogP contribution in [0.1, 0.15) is 30.5 Å². The number of imidazole rings is 1. The summed E-state index contributed by atoms with van der Waals surface area (Å²) in [6.45, 7) is 3.01. The fraction of sp³-hybridized carbons (Fsp3) is 0.500. The lowest BCUT2D eigenvalue weighted by atomic mass is 10.1. The Hall–Kier alpha value is -1.35. The molecular weight excluding hydrogens is 212 g/mol. The maximum Gasteiger partial charge on any atom is 0.139 e. The average Bonchev–Trinajstić information content (AvgIpc) is 2.74. The molecule has 0 radical (unpaired) electrons. The van der Waals surface area contributed by atoms with Crippen LogP contribution in [0.3, 0.4) is 0 Å². The summed E-state index contributed by atoms with van der Waals surface area (Å²) in [5.41, 5.74) is 3.44. The number of rotatable bonds is 2. The molecule has 0 aromatic carbocycles. The number of pyridine rings is 1. The number of fused-ring (bicyclic) bond motifs is 1. The van der Waals surface area contributed by atoms with E-state index in [1.54, 1.807) is 0 Å². The highest BCUT2D eigenvalue weighted by Crippen LogP contribution is 2.18. The standard InChI is InChI=1S/C14H18N2O/c1-11-5-4-7-16-10-12(15-14(11)16)9-13-6-2-3-8-17-13/h4-5,7,10,13H,2-3,6,8-9H2,1H3. The molecule has 1 saturated heterocycles. The third-order valence-corrected chi connectivity index (χ3v) is 3.44. The van der Waals surface area contributed by atoms with Gasteiger partial charge in [0.2, 0.25) is 0 Å². The van der Waals surface area contributed by atoms with Gasteiger partial charge in [0, 0.05) is 25.4 Å². The first-order valence-electron chi connectivity index (χ1n) is 6.38. The fourth-order valence-electron chi connectivity index (χ4n) is 2.50. The highest BCUT2D eigenvalue weighted by molar-refractivity contribution is 5.47. The fourth-order valence-corrected chi connectivity index (χ4v) is 2.50. The highest BCUT2D eigenvalue weighted by atomic mass is 16.5. The van der Waals surface area contributed by atoms with Gasteiger partial charge in [-0.15, -0.1) is 0 Å². The second kappa shape index (κ2) is 4.49. The molecule has 17 heavy (non-hydrogen) atoms. The molecule has 2 aromatic rings. The summed E-state index contributed by atoms with van der Waals surface area (Å²) in [4.78, 5) is 4.69. The molecule has 0 aliphatic carbocycles. The molecule has 1 aliphatic heterocycles. The molecular formula is C14H18N2O. The van der Waals surface area contributed by atoms with Gasteiger partial charge in [-0.3, -0.25) is 0 Å². The van der Waals surface area contributed by atoms with E-state index < -0.39 is 0 Å². The zero-order chi connectivity index (χ0) is 11.7. The molecule has 0 N–H and O–H groups in total. The first-order valence-corrected chi connectivity index (χ1v) is 6.38. The van der Waals surface area contributed by atoms with E-state index in [-0.39, 0.29) is 0 Å². The normalized spacial score (nSPS) is 20.9. The molecule has 0 saturated carbocycles. The van der Waals surface area contributed by atoms with E-state index in [0.717, 1.165) is 24.4 Å². The van der Waals surface area contributed by atoms with E-state index in [1.165, 1.54) is 24.8 Å².